The highest BCUT2D eigenvalue weighted by Crippen LogP contribution is 2.18. The average molecular weight is 340 g/mol. The fourth-order valence-corrected chi connectivity index (χ4v) is 3.05. The van der Waals surface area contributed by atoms with Crippen LogP contribution in [0.1, 0.15) is 18.4 Å². The third kappa shape index (κ3) is 4.22. The van der Waals surface area contributed by atoms with E-state index in [0.717, 1.165) is 16.5 Å². The van der Waals surface area contributed by atoms with E-state index in [1.807, 2.05) is 30.3 Å². The monoisotopic (exact) mass is 340 g/mol. The van der Waals surface area contributed by atoms with Crippen LogP contribution in [-0.2, 0) is 14.3 Å². The number of hydrogen-bond acceptors (Lipinski definition) is 4. The Morgan fingerprint density at radius 1 is 1.24 bits per heavy atom. The lowest BCUT2D eigenvalue weighted by atomic mass is 10.1. The van der Waals surface area contributed by atoms with E-state index in [-0.39, 0.29) is 18.5 Å². The molecule has 1 fully saturated rings. The smallest absolute Gasteiger partial charge is 0.323 e. The summed E-state index contributed by atoms with van der Waals surface area (Å²) >= 11 is 0. The minimum Gasteiger partial charge on any atom is -0.480 e. The summed E-state index contributed by atoms with van der Waals surface area (Å²) in [6.07, 6.45) is 6.15. The average Bonchev–Trinajstić information content (AvgIpc) is 2.64. The van der Waals surface area contributed by atoms with Gasteiger partial charge in [-0.15, -0.1) is 0 Å². The Morgan fingerprint density at radius 2 is 2.00 bits per heavy atom. The van der Waals surface area contributed by atoms with Gasteiger partial charge in [0, 0.05) is 42.5 Å². The van der Waals surface area contributed by atoms with Gasteiger partial charge in [0.15, 0.2) is 0 Å². The number of para-hydroxylation sites is 1. The first-order chi connectivity index (χ1) is 12.1. The third-order valence-corrected chi connectivity index (χ3v) is 4.29. The number of hydrogen-bond donors (Lipinski definition) is 1. The second-order valence-electron chi connectivity index (χ2n) is 5.96. The molecule has 6 heteroatoms. The summed E-state index contributed by atoms with van der Waals surface area (Å²) < 4.78 is 5.30. The van der Waals surface area contributed by atoms with Crippen molar-refractivity contribution in [2.24, 2.45) is 0 Å². The fraction of sp³-hybridized carbons (Fsp3) is 0.316. The quantitative estimate of drug-likeness (QED) is 0.845. The Kier molecular flexibility index (Phi) is 5.40. The van der Waals surface area contributed by atoms with Gasteiger partial charge in [0.05, 0.1) is 5.52 Å². The van der Waals surface area contributed by atoms with E-state index < -0.39 is 5.97 Å². The van der Waals surface area contributed by atoms with E-state index in [9.17, 15) is 9.59 Å². The molecule has 1 saturated heterocycles. The van der Waals surface area contributed by atoms with Crippen molar-refractivity contribution in [3.05, 3.63) is 48.2 Å². The highest BCUT2D eigenvalue weighted by molar-refractivity contribution is 5.96. The van der Waals surface area contributed by atoms with Crippen LogP contribution in [0.4, 0.5) is 0 Å². The minimum atomic E-state index is -1.01. The third-order valence-electron chi connectivity index (χ3n) is 4.29. The van der Waals surface area contributed by atoms with Crippen molar-refractivity contribution >= 4 is 28.9 Å². The number of pyridine rings is 1. The number of benzene rings is 1. The van der Waals surface area contributed by atoms with E-state index in [2.05, 4.69) is 4.98 Å². The zero-order chi connectivity index (χ0) is 17.6. The van der Waals surface area contributed by atoms with Gasteiger partial charge in [-0.1, -0.05) is 24.3 Å². The van der Waals surface area contributed by atoms with Gasteiger partial charge >= 0.3 is 5.97 Å². The van der Waals surface area contributed by atoms with Gasteiger partial charge < -0.3 is 14.7 Å². The summed E-state index contributed by atoms with van der Waals surface area (Å²) in [6.45, 7) is 0.789. The molecule has 1 aromatic heterocycles. The highest BCUT2D eigenvalue weighted by Gasteiger charge is 2.26. The summed E-state index contributed by atoms with van der Waals surface area (Å²) in [5, 5.41) is 10.1. The Labute approximate surface area is 145 Å². The Morgan fingerprint density at radius 3 is 2.76 bits per heavy atom. The molecular formula is C19H20N2O4. The lowest BCUT2D eigenvalue weighted by molar-refractivity contribution is -0.145. The summed E-state index contributed by atoms with van der Waals surface area (Å²) in [5.74, 6) is -1.32. The molecule has 1 N–H and O–H groups in total. The molecule has 0 atom stereocenters. The maximum absolute atomic E-state index is 12.6. The van der Waals surface area contributed by atoms with Crippen molar-refractivity contribution in [1.82, 2.24) is 9.88 Å². The number of aromatic nitrogens is 1. The zero-order valence-corrected chi connectivity index (χ0v) is 13.8. The van der Waals surface area contributed by atoms with Crippen LogP contribution in [0, 0.1) is 0 Å². The number of rotatable bonds is 5. The molecule has 2 heterocycles. The highest BCUT2D eigenvalue weighted by atomic mass is 16.5. The van der Waals surface area contributed by atoms with Gasteiger partial charge in [0.1, 0.15) is 6.54 Å². The number of carboxylic acids is 1. The zero-order valence-electron chi connectivity index (χ0n) is 13.8. The largest absolute Gasteiger partial charge is 0.480 e. The lowest BCUT2D eigenvalue weighted by Gasteiger charge is -2.32. The number of nitrogens with zero attached hydrogens (tertiary/aromatic N) is 2. The molecule has 0 saturated carbocycles. The Hall–Kier alpha value is -2.73. The lowest BCUT2D eigenvalue weighted by Crippen LogP contribution is -2.45. The van der Waals surface area contributed by atoms with E-state index in [1.165, 1.54) is 11.0 Å². The molecule has 6 nitrogen and oxygen atoms in total. The summed E-state index contributed by atoms with van der Waals surface area (Å²) in [5.41, 5.74) is 1.64. The predicted molar refractivity (Wildman–Crippen MR) is 94.0 cm³/mol. The Balaban J connectivity index is 1.81. The Bertz CT molecular complexity index is 792. The molecular weight excluding hydrogens is 320 g/mol. The standard InChI is InChI=1S/C19H20N2O4/c22-17(21(13-18(23)24)16-8-11-25-12-9-16)7-6-15-4-1-3-14-5-2-10-20-19(14)15/h1-7,10,16H,8-9,11-13H2,(H,23,24)/b7-6+. The van der Waals surface area contributed by atoms with Crippen molar-refractivity contribution in [2.75, 3.05) is 19.8 Å². The minimum absolute atomic E-state index is 0.104. The molecule has 0 radical (unpaired) electrons. The topological polar surface area (TPSA) is 79.7 Å². The summed E-state index contributed by atoms with van der Waals surface area (Å²) in [6, 6.07) is 9.46. The van der Waals surface area contributed by atoms with Gasteiger partial charge in [-0.2, -0.15) is 0 Å². The molecule has 1 aromatic carbocycles. The van der Waals surface area contributed by atoms with E-state index >= 15 is 0 Å². The maximum Gasteiger partial charge on any atom is 0.323 e. The first kappa shape index (κ1) is 17.1. The fourth-order valence-electron chi connectivity index (χ4n) is 3.05. The molecule has 1 aliphatic rings. The van der Waals surface area contributed by atoms with Crippen LogP contribution < -0.4 is 0 Å². The predicted octanol–water partition coefficient (Wildman–Crippen LogP) is 2.34. The second kappa shape index (κ2) is 7.90. The number of ether oxygens (including phenoxy) is 1. The van der Waals surface area contributed by atoms with Crippen molar-refractivity contribution in [3.63, 3.8) is 0 Å². The molecule has 25 heavy (non-hydrogen) atoms. The van der Waals surface area contributed by atoms with Crippen molar-refractivity contribution in [2.45, 2.75) is 18.9 Å². The van der Waals surface area contributed by atoms with Crippen LogP contribution in [0.15, 0.2) is 42.6 Å². The van der Waals surface area contributed by atoms with Crippen molar-refractivity contribution in [1.29, 1.82) is 0 Å². The first-order valence-corrected chi connectivity index (χ1v) is 8.27. The van der Waals surface area contributed by atoms with Crippen LogP contribution in [0.3, 0.4) is 0 Å². The van der Waals surface area contributed by atoms with Crippen LogP contribution in [0.5, 0.6) is 0 Å². The molecule has 2 aromatic rings. The van der Waals surface area contributed by atoms with E-state index in [4.69, 9.17) is 9.84 Å². The van der Waals surface area contributed by atoms with Gasteiger partial charge in [-0.05, 0) is 25.0 Å². The first-order valence-electron chi connectivity index (χ1n) is 8.27. The summed E-state index contributed by atoms with van der Waals surface area (Å²) in [7, 11) is 0. The van der Waals surface area contributed by atoms with E-state index in [0.29, 0.717) is 26.1 Å². The number of amides is 1. The van der Waals surface area contributed by atoms with Gasteiger partial charge in [-0.25, -0.2) is 0 Å². The molecule has 0 unspecified atom stereocenters. The normalized spacial score (nSPS) is 15.5. The molecule has 0 bridgehead atoms. The van der Waals surface area contributed by atoms with Gasteiger partial charge in [0.25, 0.3) is 0 Å². The SMILES string of the molecule is O=C(O)CN(C(=O)/C=C/c1cccc2cccnc12)C1CCOCC1. The molecule has 0 aliphatic carbocycles. The van der Waals surface area contributed by atoms with Crippen LogP contribution >= 0.6 is 0 Å². The number of aliphatic carboxylic acids is 1. The molecule has 3 rings (SSSR count). The van der Waals surface area contributed by atoms with Gasteiger partial charge in [-0.3, -0.25) is 14.6 Å². The molecule has 130 valence electrons. The van der Waals surface area contributed by atoms with E-state index in [1.54, 1.807) is 12.3 Å². The van der Waals surface area contributed by atoms with Crippen LogP contribution in [0.25, 0.3) is 17.0 Å². The molecule has 0 spiro atoms. The maximum atomic E-state index is 12.6. The second-order valence-corrected chi connectivity index (χ2v) is 5.96. The summed E-state index contributed by atoms with van der Waals surface area (Å²) in [4.78, 5) is 29.5. The number of carbonyl (C=O) groups is 2. The number of carboxylic acid groups (broad SMARTS) is 1. The van der Waals surface area contributed by atoms with Crippen molar-refractivity contribution in [3.8, 4) is 0 Å². The number of fused-ring (bicyclic) bond motifs is 1. The van der Waals surface area contributed by atoms with Crippen LogP contribution in [0.2, 0.25) is 0 Å². The van der Waals surface area contributed by atoms with Crippen molar-refractivity contribution < 1.29 is 19.4 Å². The van der Waals surface area contributed by atoms with Gasteiger partial charge in [0.2, 0.25) is 5.91 Å². The number of carbonyl (C=O) groups excluding carboxylic acids is 1. The molecule has 1 aliphatic heterocycles. The van der Waals surface area contributed by atoms with Crippen LogP contribution in [-0.4, -0.2) is 52.7 Å². The molecule has 1 amide bonds.